The van der Waals surface area contributed by atoms with E-state index in [-0.39, 0.29) is 44.2 Å². The highest BCUT2D eigenvalue weighted by atomic mass is 32.2. The van der Waals surface area contributed by atoms with E-state index in [2.05, 4.69) is 0 Å². The number of sulfonamides is 1. The van der Waals surface area contributed by atoms with Gasteiger partial charge in [0.1, 0.15) is 33.9 Å². The van der Waals surface area contributed by atoms with E-state index in [4.69, 9.17) is 14.2 Å². The highest BCUT2D eigenvalue weighted by Gasteiger charge is 2.34. The lowest BCUT2D eigenvalue weighted by Crippen LogP contribution is -2.31. The number of methoxy groups -OCH3 is 2. The first kappa shape index (κ1) is 31.2. The zero-order chi connectivity index (χ0) is 30.3. The molecule has 3 aromatic carbocycles. The number of ether oxygens (including phenoxy) is 3. The summed E-state index contributed by atoms with van der Waals surface area (Å²) in [5, 5.41) is 0. The Morgan fingerprint density at radius 1 is 0.881 bits per heavy atom. The maximum atomic E-state index is 15.6. The SMILES string of the molecule is CCOC(=O)C(Cc1ccc(S(=O)(=O)N(Cc2ccc(OC)cc2)Cc2ccc(OC)cc2)c(F)c1)C(=O)CC1CC1. The van der Waals surface area contributed by atoms with Crippen molar-refractivity contribution in [2.24, 2.45) is 11.8 Å². The first-order valence-electron chi connectivity index (χ1n) is 13.9. The van der Waals surface area contributed by atoms with Crippen LogP contribution in [-0.2, 0) is 43.9 Å². The Morgan fingerprint density at radius 3 is 1.86 bits per heavy atom. The van der Waals surface area contributed by atoms with Gasteiger partial charge in [-0.05, 0) is 85.2 Å². The maximum absolute atomic E-state index is 15.6. The van der Waals surface area contributed by atoms with E-state index in [0.717, 1.165) is 18.9 Å². The third-order valence-electron chi connectivity index (χ3n) is 7.24. The number of Topliss-reactive ketones (excluding diaryl/α,β-unsaturated/α-hetero) is 1. The van der Waals surface area contributed by atoms with Gasteiger partial charge in [0.05, 0.1) is 20.8 Å². The second-order valence-electron chi connectivity index (χ2n) is 10.4. The van der Waals surface area contributed by atoms with Crippen LogP contribution in [-0.4, -0.2) is 45.3 Å². The molecule has 3 aromatic rings. The second-order valence-corrected chi connectivity index (χ2v) is 12.3. The van der Waals surface area contributed by atoms with Gasteiger partial charge in [0.2, 0.25) is 10.0 Å². The summed E-state index contributed by atoms with van der Waals surface area (Å²) in [5.74, 6) is -1.37. The Labute approximate surface area is 246 Å². The molecule has 0 N–H and O–H groups in total. The summed E-state index contributed by atoms with van der Waals surface area (Å²) in [4.78, 5) is 24.9. The van der Waals surface area contributed by atoms with Gasteiger partial charge in [0.15, 0.2) is 0 Å². The summed E-state index contributed by atoms with van der Waals surface area (Å²) in [7, 11) is -1.23. The number of nitrogens with zero attached hydrogens (tertiary/aromatic N) is 1. The van der Waals surface area contributed by atoms with Gasteiger partial charge < -0.3 is 14.2 Å². The smallest absolute Gasteiger partial charge is 0.316 e. The first-order chi connectivity index (χ1) is 20.1. The summed E-state index contributed by atoms with van der Waals surface area (Å²) >= 11 is 0. The van der Waals surface area contributed by atoms with Gasteiger partial charge in [-0.1, -0.05) is 30.3 Å². The number of benzene rings is 3. The molecule has 0 radical (unpaired) electrons. The lowest BCUT2D eigenvalue weighted by molar-refractivity contribution is -0.151. The molecule has 0 amide bonds. The molecule has 1 atom stereocenters. The third-order valence-corrected chi connectivity index (χ3v) is 9.06. The molecule has 1 saturated carbocycles. The van der Waals surface area contributed by atoms with Crippen LogP contribution in [0, 0.1) is 17.7 Å². The molecule has 1 unspecified atom stereocenters. The molecule has 0 heterocycles. The van der Waals surface area contributed by atoms with Gasteiger partial charge in [-0.25, -0.2) is 12.8 Å². The van der Waals surface area contributed by atoms with Gasteiger partial charge in [0, 0.05) is 19.5 Å². The zero-order valence-electron chi connectivity index (χ0n) is 24.0. The average molecular weight is 598 g/mol. The minimum Gasteiger partial charge on any atom is -0.497 e. The van der Waals surface area contributed by atoms with Crippen molar-refractivity contribution < 1.29 is 36.6 Å². The second kappa shape index (κ2) is 13.9. The number of hydrogen-bond donors (Lipinski definition) is 0. The van der Waals surface area contributed by atoms with Gasteiger partial charge in [-0.2, -0.15) is 4.31 Å². The number of esters is 1. The topological polar surface area (TPSA) is 99.2 Å². The van der Waals surface area contributed by atoms with Crippen molar-refractivity contribution in [3.05, 3.63) is 89.2 Å². The number of halogens is 1. The molecule has 0 saturated heterocycles. The fraction of sp³-hybridized carbons (Fsp3) is 0.375. The lowest BCUT2D eigenvalue weighted by atomic mass is 9.92. The van der Waals surface area contributed by atoms with E-state index in [1.807, 2.05) is 0 Å². The van der Waals surface area contributed by atoms with Gasteiger partial charge in [-0.15, -0.1) is 0 Å². The maximum Gasteiger partial charge on any atom is 0.316 e. The van der Waals surface area contributed by atoms with E-state index >= 15 is 4.39 Å². The van der Waals surface area contributed by atoms with Crippen molar-refractivity contribution in [2.75, 3.05) is 20.8 Å². The highest BCUT2D eigenvalue weighted by molar-refractivity contribution is 7.89. The van der Waals surface area contributed by atoms with Crippen LogP contribution in [0.1, 0.15) is 42.9 Å². The normalized spacial score (nSPS) is 13.9. The van der Waals surface area contributed by atoms with Crippen molar-refractivity contribution >= 4 is 21.8 Å². The summed E-state index contributed by atoms with van der Waals surface area (Å²) < 4.78 is 60.0. The van der Waals surface area contributed by atoms with Crippen LogP contribution in [0.25, 0.3) is 0 Å². The largest absolute Gasteiger partial charge is 0.497 e. The molecule has 8 nitrogen and oxygen atoms in total. The summed E-state index contributed by atoms with van der Waals surface area (Å²) in [5.41, 5.74) is 1.72. The third kappa shape index (κ3) is 7.95. The number of hydrogen-bond acceptors (Lipinski definition) is 7. The zero-order valence-corrected chi connectivity index (χ0v) is 24.9. The summed E-state index contributed by atoms with van der Waals surface area (Å²) in [6, 6.07) is 17.7. The van der Waals surface area contributed by atoms with Crippen LogP contribution >= 0.6 is 0 Å². The van der Waals surface area contributed by atoms with E-state index < -0.39 is 32.6 Å². The van der Waals surface area contributed by atoms with Crippen molar-refractivity contribution in [3.63, 3.8) is 0 Å². The number of carbonyl (C=O) groups excluding carboxylic acids is 2. The Morgan fingerprint density at radius 2 is 1.40 bits per heavy atom. The van der Waals surface area contributed by atoms with Crippen molar-refractivity contribution in [1.82, 2.24) is 4.31 Å². The van der Waals surface area contributed by atoms with Crippen LogP contribution in [0.15, 0.2) is 71.6 Å². The number of carbonyl (C=O) groups is 2. The van der Waals surface area contributed by atoms with E-state index in [0.29, 0.717) is 28.2 Å². The molecule has 0 spiro atoms. The summed E-state index contributed by atoms with van der Waals surface area (Å²) in [6.45, 7) is 1.75. The van der Waals surface area contributed by atoms with E-state index in [1.165, 1.54) is 16.4 Å². The van der Waals surface area contributed by atoms with Crippen LogP contribution in [0.3, 0.4) is 0 Å². The summed E-state index contributed by atoms with van der Waals surface area (Å²) in [6.07, 6.45) is 2.12. The van der Waals surface area contributed by atoms with Gasteiger partial charge >= 0.3 is 5.97 Å². The molecule has 1 aliphatic carbocycles. The molecule has 10 heteroatoms. The van der Waals surface area contributed by atoms with E-state index in [1.54, 1.807) is 69.7 Å². The quantitative estimate of drug-likeness (QED) is 0.173. The Balaban J connectivity index is 1.61. The molecular formula is C32H36FNO7S. The molecule has 224 valence electrons. The predicted molar refractivity (Wildman–Crippen MR) is 155 cm³/mol. The van der Waals surface area contributed by atoms with Gasteiger partial charge in [-0.3, -0.25) is 9.59 Å². The Bertz CT molecular complexity index is 1440. The monoisotopic (exact) mass is 597 g/mol. The minimum absolute atomic E-state index is 0.0137. The Kier molecular flexibility index (Phi) is 10.3. The average Bonchev–Trinajstić information content (AvgIpc) is 3.80. The molecule has 4 rings (SSSR count). The standard InChI is InChI=1S/C32H36FNO7S/c1-4-41-32(36)28(30(35)19-22-5-6-22)17-25-11-16-31(29(33)18-25)42(37,38)34(20-23-7-12-26(39-2)13-8-23)21-24-9-14-27(40-3)15-10-24/h7-16,18,22,28H,4-6,17,19-21H2,1-3H3. The fourth-order valence-electron chi connectivity index (χ4n) is 4.67. The van der Waals surface area contributed by atoms with Crippen LogP contribution in [0.4, 0.5) is 4.39 Å². The van der Waals surface area contributed by atoms with Crippen LogP contribution in [0.5, 0.6) is 11.5 Å². The first-order valence-corrected chi connectivity index (χ1v) is 15.3. The van der Waals surface area contributed by atoms with E-state index in [9.17, 15) is 18.0 Å². The van der Waals surface area contributed by atoms with Crippen molar-refractivity contribution in [2.45, 2.75) is 50.6 Å². The molecular weight excluding hydrogens is 561 g/mol. The molecule has 1 aliphatic rings. The highest BCUT2D eigenvalue weighted by Crippen LogP contribution is 2.34. The lowest BCUT2D eigenvalue weighted by Gasteiger charge is -2.23. The minimum atomic E-state index is -4.32. The predicted octanol–water partition coefficient (Wildman–Crippen LogP) is 5.33. The molecule has 0 bridgehead atoms. The number of rotatable bonds is 15. The van der Waals surface area contributed by atoms with Crippen LogP contribution < -0.4 is 9.47 Å². The van der Waals surface area contributed by atoms with Crippen LogP contribution in [0.2, 0.25) is 0 Å². The molecule has 42 heavy (non-hydrogen) atoms. The molecule has 1 fully saturated rings. The van der Waals surface area contributed by atoms with Gasteiger partial charge in [0.25, 0.3) is 0 Å². The number of ketones is 1. The van der Waals surface area contributed by atoms with Crippen molar-refractivity contribution in [1.29, 1.82) is 0 Å². The fourth-order valence-corrected chi connectivity index (χ4v) is 6.13. The Hall–Kier alpha value is -3.76. The molecule has 0 aliphatic heterocycles. The molecule has 0 aromatic heterocycles. The van der Waals surface area contributed by atoms with Crippen molar-refractivity contribution in [3.8, 4) is 11.5 Å².